The van der Waals surface area contributed by atoms with E-state index in [0.717, 1.165) is 11.6 Å². The van der Waals surface area contributed by atoms with Gasteiger partial charge < -0.3 is 5.73 Å². The number of hydrogen-bond donors (Lipinski definition) is 2. The number of nitrogens with zero attached hydrogens (tertiary/aromatic N) is 2. The molecular weight excluding hydrogens is 302 g/mol. The Balaban J connectivity index is 2.19. The smallest absolute Gasteiger partial charge is 0.286 e. The third-order valence-corrected chi connectivity index (χ3v) is 3.47. The van der Waals surface area contributed by atoms with Crippen LogP contribution in [0, 0.1) is 18.6 Å². The number of H-pyrrole nitrogens is 1. The van der Waals surface area contributed by atoms with Crippen molar-refractivity contribution in [3.63, 3.8) is 0 Å². The van der Waals surface area contributed by atoms with Gasteiger partial charge in [-0.1, -0.05) is 24.3 Å². The van der Waals surface area contributed by atoms with Gasteiger partial charge in [0.25, 0.3) is 5.91 Å². The minimum Gasteiger partial charge on any atom is -0.363 e. The summed E-state index contributed by atoms with van der Waals surface area (Å²) in [4.78, 5) is 14.9. The lowest BCUT2D eigenvalue weighted by Gasteiger charge is -2.10. The summed E-state index contributed by atoms with van der Waals surface area (Å²) in [6.45, 7) is 1.76. The van der Waals surface area contributed by atoms with Crippen LogP contribution in [0.1, 0.15) is 16.2 Å². The number of carbonyl (C=O) groups is 1. The Bertz CT molecular complexity index is 905. The first kappa shape index (κ1) is 14.8. The molecule has 0 fully saturated rings. The van der Waals surface area contributed by atoms with Crippen LogP contribution in [-0.4, -0.2) is 21.1 Å². The highest BCUT2D eigenvalue weighted by Gasteiger charge is 2.20. The first-order valence-electron chi connectivity index (χ1n) is 6.75. The molecule has 0 atom stereocenters. The third kappa shape index (κ3) is 2.57. The van der Waals surface area contributed by atoms with Gasteiger partial charge in [0.05, 0.1) is 11.1 Å². The summed E-state index contributed by atoms with van der Waals surface area (Å²) in [5.74, 6) is -2.56. The van der Waals surface area contributed by atoms with Crippen molar-refractivity contribution in [2.45, 2.75) is 6.92 Å². The number of hydrogen-bond acceptors (Lipinski definition) is 3. The maximum Gasteiger partial charge on any atom is 0.286 e. The van der Waals surface area contributed by atoms with Gasteiger partial charge in [-0.05, 0) is 30.2 Å². The van der Waals surface area contributed by atoms with Crippen LogP contribution in [0.25, 0.3) is 22.5 Å². The van der Waals surface area contributed by atoms with E-state index in [9.17, 15) is 13.6 Å². The molecular formula is C16H12F2N4O. The van der Waals surface area contributed by atoms with Gasteiger partial charge in [0.2, 0.25) is 5.82 Å². The third-order valence-electron chi connectivity index (χ3n) is 3.47. The summed E-state index contributed by atoms with van der Waals surface area (Å²) in [6.07, 6.45) is 0. The molecule has 0 bridgehead atoms. The maximum atomic E-state index is 14.8. The van der Waals surface area contributed by atoms with E-state index >= 15 is 0 Å². The van der Waals surface area contributed by atoms with E-state index in [1.165, 1.54) is 6.07 Å². The molecule has 2 aromatic carbocycles. The van der Waals surface area contributed by atoms with Gasteiger partial charge in [0.1, 0.15) is 11.6 Å². The van der Waals surface area contributed by atoms with Crippen molar-refractivity contribution < 1.29 is 13.6 Å². The number of primary amides is 1. The van der Waals surface area contributed by atoms with Crippen molar-refractivity contribution >= 4 is 5.91 Å². The number of nitrogens with two attached hydrogens (primary N) is 1. The van der Waals surface area contributed by atoms with Crippen molar-refractivity contribution in [1.82, 2.24) is 15.2 Å². The molecule has 0 aliphatic heterocycles. The molecule has 7 heteroatoms. The summed E-state index contributed by atoms with van der Waals surface area (Å²) in [5, 5.41) is 6.08. The maximum absolute atomic E-state index is 14.8. The average molecular weight is 314 g/mol. The fraction of sp³-hybridized carbons (Fsp3) is 0.0625. The minimum atomic E-state index is -0.814. The summed E-state index contributed by atoms with van der Waals surface area (Å²) >= 11 is 0. The van der Waals surface area contributed by atoms with E-state index in [-0.39, 0.29) is 22.8 Å². The zero-order valence-corrected chi connectivity index (χ0v) is 12.1. The number of aromatic amines is 1. The number of nitrogens with one attached hydrogen (secondary N) is 1. The molecule has 0 aliphatic rings. The second-order valence-corrected chi connectivity index (χ2v) is 4.97. The predicted molar refractivity (Wildman–Crippen MR) is 80.4 cm³/mol. The Kier molecular flexibility index (Phi) is 3.61. The van der Waals surface area contributed by atoms with Crippen LogP contribution in [0.5, 0.6) is 0 Å². The molecule has 0 saturated heterocycles. The number of amides is 1. The summed E-state index contributed by atoms with van der Waals surface area (Å²) in [5.41, 5.74) is 6.07. The van der Waals surface area contributed by atoms with Gasteiger partial charge in [0.15, 0.2) is 5.82 Å². The zero-order chi connectivity index (χ0) is 16.6. The Morgan fingerprint density at radius 1 is 1.13 bits per heavy atom. The number of carbonyl (C=O) groups excluding carboxylic acids is 1. The van der Waals surface area contributed by atoms with Crippen LogP contribution >= 0.6 is 0 Å². The number of aromatic nitrogens is 3. The summed E-state index contributed by atoms with van der Waals surface area (Å²) in [7, 11) is 0. The highest BCUT2D eigenvalue weighted by molar-refractivity contribution is 5.89. The lowest BCUT2D eigenvalue weighted by atomic mass is 9.97. The molecule has 0 saturated carbocycles. The molecule has 3 aromatic rings. The van der Waals surface area contributed by atoms with Crippen molar-refractivity contribution in [3.05, 3.63) is 59.4 Å². The molecule has 3 N–H and O–H groups in total. The monoisotopic (exact) mass is 314 g/mol. The van der Waals surface area contributed by atoms with E-state index in [1.54, 1.807) is 31.2 Å². The van der Waals surface area contributed by atoms with E-state index < -0.39 is 17.5 Å². The number of benzene rings is 2. The quantitative estimate of drug-likeness (QED) is 0.779. The minimum absolute atomic E-state index is 0.0200. The van der Waals surface area contributed by atoms with Crippen molar-refractivity contribution in [2.75, 3.05) is 0 Å². The summed E-state index contributed by atoms with van der Waals surface area (Å²) < 4.78 is 29.0. The van der Waals surface area contributed by atoms with Gasteiger partial charge in [-0.2, -0.15) is 5.10 Å². The normalized spacial score (nSPS) is 10.7. The molecule has 0 radical (unpaired) electrons. The highest BCUT2D eigenvalue weighted by atomic mass is 19.1. The molecule has 0 aliphatic carbocycles. The first-order chi connectivity index (χ1) is 11.0. The van der Waals surface area contributed by atoms with Gasteiger partial charge in [-0.3, -0.25) is 9.89 Å². The fourth-order valence-corrected chi connectivity index (χ4v) is 2.32. The van der Waals surface area contributed by atoms with Crippen LogP contribution in [0.15, 0.2) is 36.4 Å². The average Bonchev–Trinajstić information content (AvgIpc) is 2.99. The lowest BCUT2D eigenvalue weighted by molar-refractivity contribution is 0.0991. The molecule has 1 amide bonds. The van der Waals surface area contributed by atoms with Crippen LogP contribution < -0.4 is 5.73 Å². The topological polar surface area (TPSA) is 84.7 Å². The van der Waals surface area contributed by atoms with Crippen LogP contribution in [0.2, 0.25) is 0 Å². The number of halogens is 2. The SMILES string of the molecule is Cc1ccccc1-c1c(F)ccc(-c2n[nH]c(C(N)=O)n2)c1F. The molecule has 116 valence electrons. The van der Waals surface area contributed by atoms with Gasteiger partial charge >= 0.3 is 0 Å². The largest absolute Gasteiger partial charge is 0.363 e. The highest BCUT2D eigenvalue weighted by Crippen LogP contribution is 2.33. The predicted octanol–water partition coefficient (Wildman–Crippen LogP) is 2.82. The Hall–Kier alpha value is -3.09. The second-order valence-electron chi connectivity index (χ2n) is 4.97. The molecule has 5 nitrogen and oxygen atoms in total. The van der Waals surface area contributed by atoms with Crippen molar-refractivity contribution in [2.24, 2.45) is 5.73 Å². The van der Waals surface area contributed by atoms with E-state index in [2.05, 4.69) is 15.2 Å². The van der Waals surface area contributed by atoms with Gasteiger partial charge in [0, 0.05) is 0 Å². The first-order valence-corrected chi connectivity index (χ1v) is 6.75. The van der Waals surface area contributed by atoms with E-state index in [0.29, 0.717) is 5.56 Å². The van der Waals surface area contributed by atoms with Crippen molar-refractivity contribution in [1.29, 1.82) is 0 Å². The zero-order valence-electron chi connectivity index (χ0n) is 12.1. The van der Waals surface area contributed by atoms with Crippen LogP contribution in [0.3, 0.4) is 0 Å². The number of aryl methyl sites for hydroxylation is 1. The Labute approximate surface area is 130 Å². The molecule has 1 heterocycles. The number of rotatable bonds is 3. The van der Waals surface area contributed by atoms with Crippen LogP contribution in [-0.2, 0) is 0 Å². The van der Waals surface area contributed by atoms with E-state index in [1.807, 2.05) is 0 Å². The second kappa shape index (κ2) is 5.60. The summed E-state index contributed by atoms with van der Waals surface area (Å²) in [6, 6.07) is 9.24. The van der Waals surface area contributed by atoms with Gasteiger partial charge in [-0.25, -0.2) is 13.8 Å². The van der Waals surface area contributed by atoms with Gasteiger partial charge in [-0.15, -0.1) is 0 Å². The molecule has 0 spiro atoms. The van der Waals surface area contributed by atoms with Crippen LogP contribution in [0.4, 0.5) is 8.78 Å². The Morgan fingerprint density at radius 3 is 2.52 bits per heavy atom. The Morgan fingerprint density at radius 2 is 1.87 bits per heavy atom. The lowest BCUT2D eigenvalue weighted by Crippen LogP contribution is -2.12. The molecule has 3 rings (SSSR count). The standard InChI is InChI=1S/C16H12F2N4O/c1-8-4-2-3-5-9(8)12-11(17)7-6-10(13(12)18)15-20-16(14(19)23)22-21-15/h2-7H,1H3,(H2,19,23)(H,20,21,22). The fourth-order valence-electron chi connectivity index (χ4n) is 2.32. The molecule has 23 heavy (non-hydrogen) atoms. The van der Waals surface area contributed by atoms with Crippen molar-refractivity contribution in [3.8, 4) is 22.5 Å². The molecule has 0 unspecified atom stereocenters. The molecule has 1 aromatic heterocycles. The van der Waals surface area contributed by atoms with E-state index in [4.69, 9.17) is 5.73 Å².